The van der Waals surface area contributed by atoms with Crippen LogP contribution in [0.2, 0.25) is 0 Å². The Hall–Kier alpha value is -1.06. The van der Waals surface area contributed by atoms with Crippen LogP contribution in [0.1, 0.15) is 19.3 Å². The fourth-order valence-electron chi connectivity index (χ4n) is 4.86. The molecule has 4 aliphatic carbocycles. The molecule has 4 atom stereocenters. The highest BCUT2D eigenvalue weighted by Gasteiger charge is 2.67. The summed E-state index contributed by atoms with van der Waals surface area (Å²) >= 11 is 0. The predicted octanol–water partition coefficient (Wildman–Crippen LogP) is 1.57. The molecular weight excluding hydrogens is 192 g/mol. The third-order valence-electron chi connectivity index (χ3n) is 5.41. The molecule has 4 nitrogen and oxygen atoms in total. The van der Waals surface area contributed by atoms with Gasteiger partial charge in [0.1, 0.15) is 0 Å². The van der Waals surface area contributed by atoms with Gasteiger partial charge in [-0.2, -0.15) is 0 Å². The second kappa shape index (κ2) is 2.36. The third kappa shape index (κ3) is 0.703. The van der Waals surface area contributed by atoms with Crippen molar-refractivity contribution in [2.75, 3.05) is 0 Å². The van der Waals surface area contributed by atoms with Crippen molar-refractivity contribution in [2.45, 2.75) is 19.3 Å². The third-order valence-corrected chi connectivity index (χ3v) is 5.41. The molecule has 4 fully saturated rings. The van der Waals surface area contributed by atoms with Gasteiger partial charge in [-0.05, 0) is 42.9 Å². The smallest absolute Gasteiger partial charge is 0.0610 e. The first kappa shape index (κ1) is 8.13. The molecule has 0 saturated heterocycles. The van der Waals surface area contributed by atoms with E-state index in [0.717, 1.165) is 42.0 Å². The van der Waals surface area contributed by atoms with Crippen LogP contribution < -0.4 is 0 Å². The molecule has 0 heterocycles. The summed E-state index contributed by atoms with van der Waals surface area (Å²) in [5.74, 6) is 4.02. The van der Waals surface area contributed by atoms with E-state index in [9.17, 15) is 0 Å². The Morgan fingerprint density at radius 2 is 1.33 bits per heavy atom. The largest absolute Gasteiger partial charge is 0.411 e. The highest BCUT2D eigenvalue weighted by atomic mass is 16.4. The van der Waals surface area contributed by atoms with Crippen molar-refractivity contribution in [3.05, 3.63) is 0 Å². The summed E-state index contributed by atoms with van der Waals surface area (Å²) in [6.07, 6.45) is 3.29. The van der Waals surface area contributed by atoms with E-state index in [2.05, 4.69) is 10.3 Å². The maximum Gasteiger partial charge on any atom is 0.0610 e. The van der Waals surface area contributed by atoms with E-state index in [0.29, 0.717) is 17.8 Å². The molecule has 4 unspecified atom stereocenters. The molecule has 0 aliphatic heterocycles. The average Bonchev–Trinajstić information content (AvgIpc) is 2.52. The lowest BCUT2D eigenvalue weighted by Gasteiger charge is -2.52. The molecule has 80 valence electrons. The van der Waals surface area contributed by atoms with Crippen molar-refractivity contribution in [1.82, 2.24) is 0 Å². The fourth-order valence-corrected chi connectivity index (χ4v) is 4.86. The molecule has 4 rings (SSSR count). The number of nitrogens with zero attached hydrogens (tertiary/aromatic N) is 2. The van der Waals surface area contributed by atoms with Gasteiger partial charge in [0.05, 0.1) is 11.4 Å². The van der Waals surface area contributed by atoms with E-state index in [1.807, 2.05) is 0 Å². The summed E-state index contributed by atoms with van der Waals surface area (Å²) in [5.41, 5.74) is 1.99. The maximum atomic E-state index is 8.86. The second-order valence-corrected chi connectivity index (χ2v) is 5.53. The molecular formula is C11H14N2O2. The summed E-state index contributed by atoms with van der Waals surface area (Å²) in [4.78, 5) is 0. The van der Waals surface area contributed by atoms with Gasteiger partial charge in [-0.3, -0.25) is 0 Å². The predicted molar refractivity (Wildman–Crippen MR) is 53.2 cm³/mol. The van der Waals surface area contributed by atoms with Crippen LogP contribution in [0.25, 0.3) is 0 Å². The topological polar surface area (TPSA) is 65.2 Å². The molecule has 4 heteroatoms. The standard InChI is InChI=1S/C11H14N2O2/c14-12-8-2-5-4-1-7(10(5)8)11-6(4)3-9(11)13-15/h4-7,10-11,14-15H,1-3H2. The van der Waals surface area contributed by atoms with Crippen molar-refractivity contribution in [1.29, 1.82) is 0 Å². The van der Waals surface area contributed by atoms with Crippen LogP contribution in [-0.4, -0.2) is 21.8 Å². The minimum absolute atomic E-state index is 0.512. The lowest BCUT2D eigenvalue weighted by molar-refractivity contribution is 0.106. The Balaban J connectivity index is 1.69. The van der Waals surface area contributed by atoms with Gasteiger partial charge in [-0.1, -0.05) is 10.3 Å². The zero-order valence-corrected chi connectivity index (χ0v) is 8.37. The van der Waals surface area contributed by atoms with E-state index in [-0.39, 0.29) is 0 Å². The van der Waals surface area contributed by atoms with E-state index < -0.39 is 0 Å². The lowest BCUT2D eigenvalue weighted by Crippen LogP contribution is -2.54. The Morgan fingerprint density at radius 3 is 1.80 bits per heavy atom. The molecule has 0 aromatic heterocycles. The zero-order valence-electron chi connectivity index (χ0n) is 8.37. The molecule has 0 spiro atoms. The van der Waals surface area contributed by atoms with Crippen LogP contribution in [0.5, 0.6) is 0 Å². The van der Waals surface area contributed by atoms with Gasteiger partial charge in [-0.15, -0.1) is 0 Å². The normalized spacial score (nSPS) is 60.0. The Bertz CT molecular complexity index is 356. The van der Waals surface area contributed by atoms with Crippen molar-refractivity contribution >= 4 is 11.4 Å². The number of fused-ring (bicyclic) bond motifs is 8. The molecule has 0 amide bonds. The molecule has 4 saturated carbocycles. The molecule has 2 N–H and O–H groups in total. The fraction of sp³-hybridized carbons (Fsp3) is 0.818. The van der Waals surface area contributed by atoms with Gasteiger partial charge in [-0.25, -0.2) is 0 Å². The summed E-state index contributed by atoms with van der Waals surface area (Å²) in [5, 5.41) is 24.5. The van der Waals surface area contributed by atoms with Crippen LogP contribution in [0.3, 0.4) is 0 Å². The first-order valence-electron chi connectivity index (χ1n) is 5.76. The van der Waals surface area contributed by atoms with Gasteiger partial charge in [0.25, 0.3) is 0 Å². The maximum absolute atomic E-state index is 8.86. The van der Waals surface area contributed by atoms with Crippen molar-refractivity contribution < 1.29 is 10.4 Å². The number of rotatable bonds is 0. The molecule has 15 heavy (non-hydrogen) atoms. The van der Waals surface area contributed by atoms with E-state index in [1.54, 1.807) is 0 Å². The lowest BCUT2D eigenvalue weighted by atomic mass is 9.52. The van der Waals surface area contributed by atoms with Gasteiger partial charge in [0.15, 0.2) is 0 Å². The molecule has 4 aliphatic rings. The minimum Gasteiger partial charge on any atom is -0.411 e. The van der Waals surface area contributed by atoms with Crippen LogP contribution in [0.15, 0.2) is 10.3 Å². The first-order chi connectivity index (χ1) is 7.35. The Labute approximate surface area is 87.7 Å². The minimum atomic E-state index is 0.512. The number of hydrogen-bond acceptors (Lipinski definition) is 4. The van der Waals surface area contributed by atoms with Gasteiger partial charge in [0, 0.05) is 11.8 Å². The van der Waals surface area contributed by atoms with Crippen molar-refractivity contribution in [3.63, 3.8) is 0 Å². The molecule has 0 radical (unpaired) electrons. The highest BCUT2D eigenvalue weighted by Crippen LogP contribution is 2.68. The average molecular weight is 206 g/mol. The zero-order chi connectivity index (χ0) is 10.2. The Morgan fingerprint density at radius 1 is 0.800 bits per heavy atom. The van der Waals surface area contributed by atoms with Crippen LogP contribution in [0.4, 0.5) is 0 Å². The van der Waals surface area contributed by atoms with Crippen LogP contribution in [0, 0.1) is 35.5 Å². The number of oxime groups is 2. The van der Waals surface area contributed by atoms with E-state index in [4.69, 9.17) is 10.4 Å². The van der Waals surface area contributed by atoms with Gasteiger partial charge in [0.2, 0.25) is 0 Å². The second-order valence-electron chi connectivity index (χ2n) is 5.53. The van der Waals surface area contributed by atoms with Crippen molar-refractivity contribution in [3.8, 4) is 0 Å². The highest BCUT2D eigenvalue weighted by molar-refractivity contribution is 5.98. The monoisotopic (exact) mass is 206 g/mol. The van der Waals surface area contributed by atoms with E-state index >= 15 is 0 Å². The quantitative estimate of drug-likeness (QED) is 0.466. The van der Waals surface area contributed by atoms with E-state index in [1.165, 1.54) is 6.42 Å². The summed E-state index contributed by atoms with van der Waals surface area (Å²) in [6.45, 7) is 0. The number of hydrogen-bond donors (Lipinski definition) is 2. The molecule has 0 aromatic carbocycles. The van der Waals surface area contributed by atoms with Crippen LogP contribution in [-0.2, 0) is 0 Å². The van der Waals surface area contributed by atoms with Crippen LogP contribution >= 0.6 is 0 Å². The molecule has 0 aromatic rings. The SMILES string of the molecule is ON=C1CC2C3CC(C12)C1C(=NO)CC31. The molecule has 2 bridgehead atoms. The summed E-state index contributed by atoms with van der Waals surface area (Å²) in [6, 6.07) is 0. The van der Waals surface area contributed by atoms with Crippen molar-refractivity contribution in [2.24, 2.45) is 45.8 Å². The Kier molecular flexibility index (Phi) is 1.28. The first-order valence-corrected chi connectivity index (χ1v) is 5.76. The van der Waals surface area contributed by atoms with Gasteiger partial charge < -0.3 is 10.4 Å². The summed E-state index contributed by atoms with van der Waals surface area (Å²) < 4.78 is 0. The van der Waals surface area contributed by atoms with Gasteiger partial charge >= 0.3 is 0 Å². The summed E-state index contributed by atoms with van der Waals surface area (Å²) in [7, 11) is 0.